The van der Waals surface area contributed by atoms with E-state index in [-0.39, 0.29) is 5.63 Å². The Morgan fingerprint density at radius 3 is 2.45 bits per heavy atom. The molecule has 0 spiro atoms. The molecule has 5 nitrogen and oxygen atoms in total. The van der Waals surface area contributed by atoms with Crippen molar-refractivity contribution in [1.82, 2.24) is 9.80 Å². The molecule has 0 radical (unpaired) electrons. The van der Waals surface area contributed by atoms with E-state index < -0.39 is 0 Å². The number of para-hydroxylation sites is 1. The van der Waals surface area contributed by atoms with E-state index in [2.05, 4.69) is 4.99 Å². The molecule has 1 aromatic carbocycles. The van der Waals surface area contributed by atoms with Crippen LogP contribution in [0.5, 0.6) is 0 Å². The predicted octanol–water partition coefficient (Wildman–Crippen LogP) is 1.77. The number of fused-ring (bicyclic) bond motifs is 1. The van der Waals surface area contributed by atoms with Gasteiger partial charge in [-0.15, -0.1) is 0 Å². The van der Waals surface area contributed by atoms with Gasteiger partial charge in [0.25, 0.3) is 0 Å². The van der Waals surface area contributed by atoms with Gasteiger partial charge in [0.2, 0.25) is 0 Å². The molecule has 0 aliphatic heterocycles. The van der Waals surface area contributed by atoms with Crippen molar-refractivity contribution >= 4 is 16.9 Å². The van der Waals surface area contributed by atoms with Crippen molar-refractivity contribution in [3.05, 3.63) is 46.3 Å². The van der Waals surface area contributed by atoms with E-state index in [0.717, 1.165) is 16.9 Å². The maximum absolute atomic E-state index is 11.6. The van der Waals surface area contributed by atoms with Gasteiger partial charge in [-0.3, -0.25) is 0 Å². The third kappa shape index (κ3) is 2.99. The molecular weight excluding hydrogens is 254 g/mol. The number of hydrogen-bond donors (Lipinski definition) is 0. The molecule has 106 valence electrons. The van der Waals surface area contributed by atoms with Gasteiger partial charge in [-0.25, -0.2) is 9.79 Å². The predicted molar refractivity (Wildman–Crippen MR) is 81.0 cm³/mol. The lowest BCUT2D eigenvalue weighted by Crippen LogP contribution is -2.35. The summed E-state index contributed by atoms with van der Waals surface area (Å²) in [6.07, 6.45) is 0. The fourth-order valence-corrected chi connectivity index (χ4v) is 2.15. The second kappa shape index (κ2) is 5.77. The Morgan fingerprint density at radius 2 is 1.80 bits per heavy atom. The zero-order valence-electron chi connectivity index (χ0n) is 12.3. The van der Waals surface area contributed by atoms with Crippen LogP contribution in [0.3, 0.4) is 0 Å². The number of guanidine groups is 1. The first-order valence-corrected chi connectivity index (χ1v) is 6.40. The Bertz CT molecular complexity index is 677. The van der Waals surface area contributed by atoms with E-state index >= 15 is 0 Å². The summed E-state index contributed by atoms with van der Waals surface area (Å²) in [5, 5.41) is 0.924. The summed E-state index contributed by atoms with van der Waals surface area (Å²) in [4.78, 5) is 20.0. The van der Waals surface area contributed by atoms with Gasteiger partial charge in [-0.2, -0.15) is 0 Å². The average molecular weight is 273 g/mol. The van der Waals surface area contributed by atoms with Gasteiger partial charge in [0.05, 0.1) is 6.54 Å². The van der Waals surface area contributed by atoms with Gasteiger partial charge >= 0.3 is 5.63 Å². The number of rotatable bonds is 2. The van der Waals surface area contributed by atoms with Crippen LogP contribution in [0.25, 0.3) is 11.0 Å². The molecular formula is C15H19N3O2. The fourth-order valence-electron chi connectivity index (χ4n) is 2.15. The van der Waals surface area contributed by atoms with Crippen LogP contribution in [0.1, 0.15) is 5.56 Å². The lowest BCUT2D eigenvalue weighted by molar-refractivity contribution is 0.479. The molecule has 0 amide bonds. The number of benzene rings is 1. The molecule has 0 saturated carbocycles. The van der Waals surface area contributed by atoms with Gasteiger partial charge in [0.1, 0.15) is 5.58 Å². The Morgan fingerprint density at radius 1 is 1.15 bits per heavy atom. The quantitative estimate of drug-likeness (QED) is 0.475. The molecule has 0 saturated heterocycles. The molecule has 1 aromatic heterocycles. The van der Waals surface area contributed by atoms with Crippen LogP contribution in [0, 0.1) is 0 Å². The summed E-state index contributed by atoms with van der Waals surface area (Å²) in [5.41, 5.74) is 1.13. The monoisotopic (exact) mass is 273 g/mol. The highest BCUT2D eigenvalue weighted by atomic mass is 16.4. The Balaban J connectivity index is 2.43. The largest absolute Gasteiger partial charge is 0.423 e. The van der Waals surface area contributed by atoms with Gasteiger partial charge < -0.3 is 14.2 Å². The molecule has 0 aliphatic rings. The molecule has 0 bridgehead atoms. The third-order valence-electron chi connectivity index (χ3n) is 2.93. The molecule has 0 atom stereocenters. The smallest absolute Gasteiger partial charge is 0.336 e. The maximum atomic E-state index is 11.6. The van der Waals surface area contributed by atoms with Crippen LogP contribution in [0.4, 0.5) is 0 Å². The second-order valence-corrected chi connectivity index (χ2v) is 4.99. The molecule has 20 heavy (non-hydrogen) atoms. The number of hydrogen-bond acceptors (Lipinski definition) is 3. The topological polar surface area (TPSA) is 49.1 Å². The highest BCUT2D eigenvalue weighted by Gasteiger charge is 2.07. The van der Waals surface area contributed by atoms with E-state index in [4.69, 9.17) is 4.42 Å². The van der Waals surface area contributed by atoms with Crippen molar-refractivity contribution < 1.29 is 4.42 Å². The van der Waals surface area contributed by atoms with Gasteiger partial charge in [0.15, 0.2) is 5.96 Å². The molecule has 1 heterocycles. The average Bonchev–Trinajstić information content (AvgIpc) is 2.37. The maximum Gasteiger partial charge on any atom is 0.336 e. The van der Waals surface area contributed by atoms with E-state index in [9.17, 15) is 4.79 Å². The summed E-state index contributed by atoms with van der Waals surface area (Å²) < 4.78 is 5.18. The van der Waals surface area contributed by atoms with Gasteiger partial charge in [0, 0.05) is 39.6 Å². The Hall–Kier alpha value is -2.30. The molecule has 0 aliphatic carbocycles. The summed E-state index contributed by atoms with van der Waals surface area (Å²) in [6.45, 7) is 0.442. The van der Waals surface area contributed by atoms with E-state index in [1.54, 1.807) is 6.07 Å². The molecule has 2 rings (SSSR count). The molecule has 0 unspecified atom stereocenters. The van der Waals surface area contributed by atoms with Crippen LogP contribution < -0.4 is 5.63 Å². The number of aliphatic imine (C=N–C) groups is 1. The normalized spacial score (nSPS) is 10.4. The summed E-state index contributed by atoms with van der Waals surface area (Å²) in [5.74, 6) is 0.849. The lowest BCUT2D eigenvalue weighted by Gasteiger charge is -2.22. The van der Waals surface area contributed by atoms with Crippen molar-refractivity contribution in [2.75, 3.05) is 28.2 Å². The van der Waals surface area contributed by atoms with Crippen LogP contribution >= 0.6 is 0 Å². The van der Waals surface area contributed by atoms with Crippen molar-refractivity contribution in [1.29, 1.82) is 0 Å². The van der Waals surface area contributed by atoms with Crippen molar-refractivity contribution in [3.63, 3.8) is 0 Å². The summed E-state index contributed by atoms with van der Waals surface area (Å²) in [7, 11) is 7.76. The SMILES string of the molecule is CN(C)C(=NCc1cc(=O)oc2ccccc12)N(C)C. The van der Waals surface area contributed by atoms with Crippen molar-refractivity contribution in [2.24, 2.45) is 4.99 Å². The highest BCUT2D eigenvalue weighted by Crippen LogP contribution is 2.17. The second-order valence-electron chi connectivity index (χ2n) is 4.99. The fraction of sp³-hybridized carbons (Fsp3) is 0.333. The van der Waals surface area contributed by atoms with Crippen LogP contribution in [-0.2, 0) is 6.54 Å². The van der Waals surface area contributed by atoms with Crippen LogP contribution in [0.15, 0.2) is 44.5 Å². The minimum atomic E-state index is -0.342. The summed E-state index contributed by atoms with van der Waals surface area (Å²) in [6, 6.07) is 9.02. The first kappa shape index (κ1) is 14.1. The van der Waals surface area contributed by atoms with Crippen molar-refractivity contribution in [3.8, 4) is 0 Å². The highest BCUT2D eigenvalue weighted by molar-refractivity contribution is 5.81. The Kier molecular flexibility index (Phi) is 4.08. The number of nitrogens with zero attached hydrogens (tertiary/aromatic N) is 3. The molecule has 2 aromatic rings. The third-order valence-corrected chi connectivity index (χ3v) is 2.93. The van der Waals surface area contributed by atoms with Crippen LogP contribution in [0.2, 0.25) is 0 Å². The zero-order valence-corrected chi connectivity index (χ0v) is 12.3. The zero-order chi connectivity index (χ0) is 14.7. The standard InChI is InChI=1S/C15H19N3O2/c1-17(2)15(18(3)4)16-10-11-9-14(19)20-13-8-6-5-7-12(11)13/h5-9H,10H2,1-4H3. The lowest BCUT2D eigenvalue weighted by atomic mass is 10.1. The van der Waals surface area contributed by atoms with E-state index in [0.29, 0.717) is 12.1 Å². The first-order valence-electron chi connectivity index (χ1n) is 6.40. The van der Waals surface area contributed by atoms with E-state index in [1.165, 1.54) is 6.07 Å². The van der Waals surface area contributed by atoms with Gasteiger partial charge in [-0.1, -0.05) is 18.2 Å². The minimum absolute atomic E-state index is 0.342. The molecule has 5 heteroatoms. The minimum Gasteiger partial charge on any atom is -0.423 e. The van der Waals surface area contributed by atoms with Crippen molar-refractivity contribution in [2.45, 2.75) is 6.54 Å². The summed E-state index contributed by atoms with van der Waals surface area (Å²) >= 11 is 0. The van der Waals surface area contributed by atoms with Crippen LogP contribution in [-0.4, -0.2) is 44.0 Å². The molecule has 0 N–H and O–H groups in total. The van der Waals surface area contributed by atoms with E-state index in [1.807, 2.05) is 56.2 Å². The molecule has 0 fully saturated rings. The van der Waals surface area contributed by atoms with Gasteiger partial charge in [-0.05, 0) is 11.6 Å². The first-order chi connectivity index (χ1) is 9.49. The Labute approximate surface area is 118 Å².